The van der Waals surface area contributed by atoms with Crippen LogP contribution in [0.5, 0.6) is 5.75 Å². The molecular formula is C20H18Cl2N2O3. The summed E-state index contributed by atoms with van der Waals surface area (Å²) in [6, 6.07) is 8.57. The highest BCUT2D eigenvalue weighted by molar-refractivity contribution is 6.35. The smallest absolute Gasteiger partial charge is 0.189 e. The van der Waals surface area contributed by atoms with Gasteiger partial charge >= 0.3 is 0 Å². The Kier molecular flexibility index (Phi) is 5.73. The van der Waals surface area contributed by atoms with Gasteiger partial charge in [0.15, 0.2) is 5.78 Å². The van der Waals surface area contributed by atoms with Gasteiger partial charge in [-0.15, -0.1) is 0 Å². The number of halogens is 2. The van der Waals surface area contributed by atoms with E-state index >= 15 is 0 Å². The van der Waals surface area contributed by atoms with Gasteiger partial charge in [-0.25, -0.2) is 0 Å². The summed E-state index contributed by atoms with van der Waals surface area (Å²) in [5, 5.41) is 5.23. The van der Waals surface area contributed by atoms with Gasteiger partial charge in [-0.3, -0.25) is 9.48 Å². The normalized spacial score (nSPS) is 11.3. The monoisotopic (exact) mass is 404 g/mol. The number of furan rings is 1. The lowest BCUT2D eigenvalue weighted by molar-refractivity contribution is 0.104. The number of rotatable bonds is 6. The van der Waals surface area contributed by atoms with E-state index in [0.29, 0.717) is 38.6 Å². The second-order valence-electron chi connectivity index (χ2n) is 6.03. The van der Waals surface area contributed by atoms with Crippen LogP contribution in [0.4, 0.5) is 0 Å². The maximum absolute atomic E-state index is 12.4. The van der Waals surface area contributed by atoms with Crippen LogP contribution in [0.25, 0.3) is 6.08 Å². The molecule has 0 spiro atoms. The largest absolute Gasteiger partial charge is 0.484 e. The highest BCUT2D eigenvalue weighted by Gasteiger charge is 2.15. The molecule has 2 heterocycles. The molecule has 0 N–H and O–H groups in total. The molecule has 0 aliphatic rings. The minimum absolute atomic E-state index is 0.111. The lowest BCUT2D eigenvalue weighted by atomic mass is 10.1. The van der Waals surface area contributed by atoms with Crippen molar-refractivity contribution in [2.45, 2.75) is 20.5 Å². The van der Waals surface area contributed by atoms with Crippen LogP contribution in [0.15, 0.2) is 40.8 Å². The minimum atomic E-state index is -0.111. The van der Waals surface area contributed by atoms with Crippen molar-refractivity contribution in [2.75, 3.05) is 0 Å². The molecular weight excluding hydrogens is 387 g/mol. The second kappa shape index (κ2) is 8.03. The highest BCUT2D eigenvalue weighted by Crippen LogP contribution is 2.28. The number of carbonyl (C=O) groups is 1. The van der Waals surface area contributed by atoms with E-state index in [2.05, 4.69) is 5.10 Å². The first-order chi connectivity index (χ1) is 12.8. The van der Waals surface area contributed by atoms with Gasteiger partial charge in [0.05, 0.1) is 16.3 Å². The van der Waals surface area contributed by atoms with Gasteiger partial charge in [-0.1, -0.05) is 23.2 Å². The first-order valence-electron chi connectivity index (χ1n) is 8.24. The second-order valence-corrected chi connectivity index (χ2v) is 6.88. The number of ether oxygens (including phenoxy) is 1. The maximum Gasteiger partial charge on any atom is 0.189 e. The molecule has 0 bridgehead atoms. The molecule has 0 aliphatic heterocycles. The van der Waals surface area contributed by atoms with E-state index in [1.165, 1.54) is 6.08 Å². The van der Waals surface area contributed by atoms with Crippen molar-refractivity contribution in [1.29, 1.82) is 0 Å². The van der Waals surface area contributed by atoms with Gasteiger partial charge in [0, 0.05) is 17.8 Å². The third kappa shape index (κ3) is 4.43. The Balaban J connectivity index is 1.65. The van der Waals surface area contributed by atoms with Gasteiger partial charge in [0.25, 0.3) is 0 Å². The molecule has 3 aromatic rings. The Labute approximate surface area is 167 Å². The minimum Gasteiger partial charge on any atom is -0.484 e. The van der Waals surface area contributed by atoms with Gasteiger partial charge in [-0.05, 0) is 56.3 Å². The Morgan fingerprint density at radius 2 is 2.04 bits per heavy atom. The van der Waals surface area contributed by atoms with Crippen molar-refractivity contribution in [1.82, 2.24) is 9.78 Å². The van der Waals surface area contributed by atoms with Crippen molar-refractivity contribution in [3.8, 4) is 5.75 Å². The Hall–Kier alpha value is -2.50. The van der Waals surface area contributed by atoms with Crippen LogP contribution >= 0.6 is 23.2 Å². The highest BCUT2D eigenvalue weighted by atomic mass is 35.5. The summed E-state index contributed by atoms with van der Waals surface area (Å²) in [5.74, 6) is 1.58. The average molecular weight is 405 g/mol. The van der Waals surface area contributed by atoms with Crippen LogP contribution in [0.2, 0.25) is 10.0 Å². The first kappa shape index (κ1) is 19.3. The lowest BCUT2D eigenvalue weighted by Crippen LogP contribution is -1.99. The fourth-order valence-electron chi connectivity index (χ4n) is 2.67. The average Bonchev–Trinajstić information content (AvgIpc) is 3.16. The molecule has 7 heteroatoms. The van der Waals surface area contributed by atoms with Crippen molar-refractivity contribution >= 4 is 35.1 Å². The number of carbonyl (C=O) groups excluding carboxylic acids is 1. The molecule has 140 valence electrons. The number of aryl methyl sites for hydroxylation is 2. The van der Waals surface area contributed by atoms with Gasteiger partial charge < -0.3 is 9.15 Å². The number of ketones is 1. The molecule has 0 saturated carbocycles. The Morgan fingerprint density at radius 3 is 2.70 bits per heavy atom. The molecule has 0 aliphatic carbocycles. The molecule has 0 atom stereocenters. The Morgan fingerprint density at radius 1 is 1.26 bits per heavy atom. The topological polar surface area (TPSA) is 57.3 Å². The third-order valence-corrected chi connectivity index (χ3v) is 4.63. The summed E-state index contributed by atoms with van der Waals surface area (Å²) in [6.45, 7) is 3.90. The number of hydrogen-bond acceptors (Lipinski definition) is 4. The van der Waals surface area contributed by atoms with Gasteiger partial charge in [-0.2, -0.15) is 5.10 Å². The summed E-state index contributed by atoms with van der Waals surface area (Å²) in [5.41, 5.74) is 2.15. The van der Waals surface area contributed by atoms with E-state index < -0.39 is 0 Å². The van der Waals surface area contributed by atoms with E-state index in [-0.39, 0.29) is 12.4 Å². The zero-order valence-corrected chi connectivity index (χ0v) is 16.6. The summed E-state index contributed by atoms with van der Waals surface area (Å²) >= 11 is 11.9. The van der Waals surface area contributed by atoms with Crippen LogP contribution in [-0.2, 0) is 13.7 Å². The number of nitrogens with zero attached hydrogens (tertiary/aromatic N) is 2. The summed E-state index contributed by atoms with van der Waals surface area (Å²) in [4.78, 5) is 12.4. The molecule has 0 amide bonds. The zero-order chi connectivity index (χ0) is 19.6. The van der Waals surface area contributed by atoms with Crippen LogP contribution < -0.4 is 4.74 Å². The molecule has 0 saturated heterocycles. The first-order valence-corrected chi connectivity index (χ1v) is 9.00. The van der Waals surface area contributed by atoms with Crippen LogP contribution in [0.3, 0.4) is 0 Å². The quantitative estimate of drug-likeness (QED) is 0.406. The summed E-state index contributed by atoms with van der Waals surface area (Å²) in [6.07, 6.45) is 3.11. The van der Waals surface area contributed by atoms with Crippen molar-refractivity contribution < 1.29 is 13.9 Å². The van der Waals surface area contributed by atoms with Crippen molar-refractivity contribution in [3.05, 3.63) is 74.9 Å². The molecule has 0 radical (unpaired) electrons. The molecule has 27 heavy (non-hydrogen) atoms. The molecule has 1 aromatic carbocycles. The van der Waals surface area contributed by atoms with Crippen molar-refractivity contribution in [3.63, 3.8) is 0 Å². The fourth-order valence-corrected chi connectivity index (χ4v) is 3.14. The van der Waals surface area contributed by atoms with E-state index in [9.17, 15) is 4.79 Å². The van der Waals surface area contributed by atoms with Gasteiger partial charge in [0.1, 0.15) is 23.9 Å². The molecule has 5 nitrogen and oxygen atoms in total. The molecule has 2 aromatic heterocycles. The molecule has 3 rings (SSSR count). The third-order valence-electron chi connectivity index (χ3n) is 4.10. The molecule has 0 fully saturated rings. The lowest BCUT2D eigenvalue weighted by Gasteiger charge is -2.06. The predicted octanol–water partition coefficient (Wildman–Crippen LogP) is 5.41. The SMILES string of the molecule is Cc1nn(C)c(C)c1C(=O)/C=C/c1ccc(COc2ccc(Cl)cc2Cl)o1. The predicted molar refractivity (Wildman–Crippen MR) is 106 cm³/mol. The molecule has 0 unspecified atom stereocenters. The number of benzene rings is 1. The zero-order valence-electron chi connectivity index (χ0n) is 15.1. The Bertz CT molecular complexity index is 1020. The van der Waals surface area contributed by atoms with Crippen LogP contribution in [0, 0.1) is 13.8 Å². The summed E-state index contributed by atoms with van der Waals surface area (Å²) in [7, 11) is 1.81. The van der Waals surface area contributed by atoms with E-state index in [1.54, 1.807) is 41.1 Å². The van der Waals surface area contributed by atoms with E-state index in [1.807, 2.05) is 20.9 Å². The van der Waals surface area contributed by atoms with Crippen molar-refractivity contribution in [2.24, 2.45) is 7.05 Å². The number of hydrogen-bond donors (Lipinski definition) is 0. The standard InChI is InChI=1S/C20H18Cl2N2O3/c1-12-20(13(2)24(3)23-12)18(25)8-7-15-5-6-16(27-15)11-26-19-9-4-14(21)10-17(19)22/h4-10H,11H2,1-3H3/b8-7+. The summed E-state index contributed by atoms with van der Waals surface area (Å²) < 4.78 is 13.0. The van der Waals surface area contributed by atoms with Gasteiger partial charge in [0.2, 0.25) is 0 Å². The number of allylic oxidation sites excluding steroid dienone is 1. The maximum atomic E-state index is 12.4. The van der Waals surface area contributed by atoms with E-state index in [0.717, 1.165) is 5.69 Å². The van der Waals surface area contributed by atoms with Crippen LogP contribution in [0.1, 0.15) is 33.3 Å². The van der Waals surface area contributed by atoms with E-state index in [4.69, 9.17) is 32.4 Å². The number of aromatic nitrogens is 2. The van der Waals surface area contributed by atoms with Crippen LogP contribution in [-0.4, -0.2) is 15.6 Å². The fraction of sp³-hybridized carbons (Fsp3) is 0.200.